The Kier molecular flexibility index (Phi) is 3.68. The fraction of sp³-hybridized carbons (Fsp3) is 0.375. The molecular weight excluding hydrogens is 282 g/mol. The fourth-order valence-corrected chi connectivity index (χ4v) is 4.06. The molecule has 0 saturated heterocycles. The summed E-state index contributed by atoms with van der Waals surface area (Å²) in [6, 6.07) is 7.30. The summed E-state index contributed by atoms with van der Waals surface area (Å²) < 4.78 is 0. The first-order chi connectivity index (χ1) is 10.1. The van der Waals surface area contributed by atoms with Crippen molar-refractivity contribution in [1.82, 2.24) is 9.88 Å². The summed E-state index contributed by atoms with van der Waals surface area (Å²) in [6.07, 6.45) is 3.10. The molecule has 0 bridgehead atoms. The van der Waals surface area contributed by atoms with Crippen molar-refractivity contribution in [2.75, 3.05) is 12.8 Å². The van der Waals surface area contributed by atoms with E-state index in [2.05, 4.69) is 4.98 Å². The Balaban J connectivity index is 1.89. The van der Waals surface area contributed by atoms with Gasteiger partial charge in [-0.1, -0.05) is 6.07 Å². The van der Waals surface area contributed by atoms with Crippen molar-refractivity contribution < 1.29 is 4.79 Å². The normalized spacial score (nSPS) is 17.3. The van der Waals surface area contributed by atoms with Gasteiger partial charge in [-0.2, -0.15) is 0 Å². The zero-order valence-corrected chi connectivity index (χ0v) is 13.1. The van der Waals surface area contributed by atoms with Crippen molar-refractivity contribution in [1.29, 1.82) is 0 Å². The summed E-state index contributed by atoms with van der Waals surface area (Å²) in [5.41, 5.74) is 8.21. The number of nitrogens with two attached hydrogens (primary N) is 1. The lowest BCUT2D eigenvalue weighted by Gasteiger charge is -2.30. The van der Waals surface area contributed by atoms with E-state index < -0.39 is 0 Å². The summed E-state index contributed by atoms with van der Waals surface area (Å²) in [7, 11) is 1.88. The molecule has 4 nitrogen and oxygen atoms in total. The van der Waals surface area contributed by atoms with Crippen molar-refractivity contribution in [2.45, 2.75) is 32.2 Å². The van der Waals surface area contributed by atoms with Crippen LogP contribution in [-0.2, 0) is 6.42 Å². The van der Waals surface area contributed by atoms with Crippen LogP contribution < -0.4 is 5.73 Å². The lowest BCUT2D eigenvalue weighted by Crippen LogP contribution is -2.32. The number of nitrogens with zero attached hydrogens (tertiary/aromatic N) is 2. The number of aryl methyl sites for hydroxylation is 2. The number of anilines is 1. The third kappa shape index (κ3) is 2.65. The molecule has 110 valence electrons. The van der Waals surface area contributed by atoms with Gasteiger partial charge in [0.25, 0.3) is 5.91 Å². The zero-order chi connectivity index (χ0) is 15.0. The van der Waals surface area contributed by atoms with Crippen molar-refractivity contribution in [3.63, 3.8) is 0 Å². The summed E-state index contributed by atoms with van der Waals surface area (Å²) in [5, 5.41) is 1.08. The van der Waals surface area contributed by atoms with E-state index in [1.165, 1.54) is 10.6 Å². The molecule has 5 heteroatoms. The minimum absolute atomic E-state index is 0.0196. The summed E-state index contributed by atoms with van der Waals surface area (Å²) in [4.78, 5) is 20.3. The van der Waals surface area contributed by atoms with Crippen LogP contribution in [0.5, 0.6) is 0 Å². The smallest absolute Gasteiger partial charge is 0.254 e. The average molecular weight is 301 g/mol. The monoisotopic (exact) mass is 301 g/mol. The Labute approximate surface area is 128 Å². The number of carbonyl (C=O) groups excluding carboxylic acids is 1. The molecule has 1 atom stereocenters. The van der Waals surface area contributed by atoms with Crippen molar-refractivity contribution in [3.05, 3.63) is 45.4 Å². The van der Waals surface area contributed by atoms with E-state index in [4.69, 9.17) is 5.73 Å². The van der Waals surface area contributed by atoms with Gasteiger partial charge in [0, 0.05) is 18.3 Å². The minimum atomic E-state index is 0.0196. The lowest BCUT2D eigenvalue weighted by atomic mass is 9.96. The molecule has 1 heterocycles. The molecule has 3 rings (SSSR count). The first-order valence-electron chi connectivity index (χ1n) is 7.15. The van der Waals surface area contributed by atoms with Crippen LogP contribution in [-0.4, -0.2) is 22.8 Å². The zero-order valence-electron chi connectivity index (χ0n) is 12.3. The van der Waals surface area contributed by atoms with Gasteiger partial charge in [0.1, 0.15) is 0 Å². The summed E-state index contributed by atoms with van der Waals surface area (Å²) in [5.74, 6) is 0.0196. The van der Waals surface area contributed by atoms with E-state index in [1.54, 1.807) is 23.5 Å². The number of fused-ring (bicyclic) bond motifs is 1. The molecular formula is C16H19N3OS. The van der Waals surface area contributed by atoms with Crippen LogP contribution in [0.15, 0.2) is 24.3 Å². The van der Waals surface area contributed by atoms with Gasteiger partial charge in [0.15, 0.2) is 0 Å². The van der Waals surface area contributed by atoms with Crippen molar-refractivity contribution >= 4 is 22.9 Å². The molecule has 0 radical (unpaired) electrons. The highest BCUT2D eigenvalue weighted by Crippen LogP contribution is 2.37. The molecule has 1 aliphatic carbocycles. The van der Waals surface area contributed by atoms with E-state index in [1.807, 2.05) is 31.0 Å². The number of benzene rings is 1. The van der Waals surface area contributed by atoms with Crippen LogP contribution in [0, 0.1) is 6.92 Å². The lowest BCUT2D eigenvalue weighted by molar-refractivity contribution is 0.0718. The van der Waals surface area contributed by atoms with Crippen LogP contribution in [0.3, 0.4) is 0 Å². The molecule has 1 unspecified atom stereocenters. The number of nitrogen functional groups attached to an aromatic ring is 1. The van der Waals surface area contributed by atoms with Gasteiger partial charge in [-0.25, -0.2) is 4.98 Å². The predicted molar refractivity (Wildman–Crippen MR) is 85.5 cm³/mol. The number of amides is 1. The number of thiazole rings is 1. The molecule has 21 heavy (non-hydrogen) atoms. The second-order valence-electron chi connectivity index (χ2n) is 5.49. The summed E-state index contributed by atoms with van der Waals surface area (Å²) >= 11 is 1.71. The highest BCUT2D eigenvalue weighted by atomic mass is 32.1. The Morgan fingerprint density at radius 2 is 2.29 bits per heavy atom. The van der Waals surface area contributed by atoms with Gasteiger partial charge < -0.3 is 10.6 Å². The highest BCUT2D eigenvalue weighted by Gasteiger charge is 2.29. The number of carbonyl (C=O) groups is 1. The molecule has 1 aromatic heterocycles. The molecule has 1 amide bonds. The standard InChI is InChI=1S/C16H19N3OS/c1-10-18-13-7-4-8-14(15(13)21-10)19(2)16(20)11-5-3-6-12(17)9-11/h3,5-6,9,14H,4,7-8,17H2,1-2H3. The number of hydrogen-bond donors (Lipinski definition) is 1. The van der Waals surface area contributed by atoms with Gasteiger partial charge in [-0.3, -0.25) is 4.79 Å². The Morgan fingerprint density at radius 3 is 3.05 bits per heavy atom. The molecule has 1 aliphatic rings. The van der Waals surface area contributed by atoms with E-state index in [0.717, 1.165) is 24.3 Å². The van der Waals surface area contributed by atoms with Crippen LogP contribution in [0.4, 0.5) is 5.69 Å². The van der Waals surface area contributed by atoms with Gasteiger partial charge in [0.05, 0.1) is 21.6 Å². The largest absolute Gasteiger partial charge is 0.399 e. The van der Waals surface area contributed by atoms with E-state index in [0.29, 0.717) is 11.3 Å². The quantitative estimate of drug-likeness (QED) is 0.867. The number of rotatable bonds is 2. The van der Waals surface area contributed by atoms with Crippen LogP contribution >= 0.6 is 11.3 Å². The molecule has 0 saturated carbocycles. The molecule has 1 aromatic carbocycles. The van der Waals surface area contributed by atoms with E-state index in [9.17, 15) is 4.79 Å². The van der Waals surface area contributed by atoms with E-state index in [-0.39, 0.29) is 11.9 Å². The van der Waals surface area contributed by atoms with Crippen LogP contribution in [0.25, 0.3) is 0 Å². The van der Waals surface area contributed by atoms with Crippen molar-refractivity contribution in [2.24, 2.45) is 0 Å². The number of hydrogen-bond acceptors (Lipinski definition) is 4. The second kappa shape index (κ2) is 5.48. The molecule has 2 N–H and O–H groups in total. The maximum absolute atomic E-state index is 12.7. The molecule has 0 aliphatic heterocycles. The first kappa shape index (κ1) is 14.1. The summed E-state index contributed by atoms with van der Waals surface area (Å²) in [6.45, 7) is 2.03. The predicted octanol–water partition coefficient (Wildman–Crippen LogP) is 3.18. The molecule has 2 aromatic rings. The maximum Gasteiger partial charge on any atom is 0.254 e. The SMILES string of the molecule is Cc1nc2c(s1)C(N(C)C(=O)c1cccc(N)c1)CCC2. The van der Waals surface area contributed by atoms with Crippen LogP contribution in [0.1, 0.15) is 44.8 Å². The van der Waals surface area contributed by atoms with Crippen LogP contribution in [0.2, 0.25) is 0 Å². The van der Waals surface area contributed by atoms with Crippen molar-refractivity contribution in [3.8, 4) is 0 Å². The molecule has 0 fully saturated rings. The highest BCUT2D eigenvalue weighted by molar-refractivity contribution is 7.11. The fourth-order valence-electron chi connectivity index (χ4n) is 2.91. The maximum atomic E-state index is 12.7. The average Bonchev–Trinajstić information content (AvgIpc) is 2.85. The van der Waals surface area contributed by atoms with Gasteiger partial charge in [0.2, 0.25) is 0 Å². The topological polar surface area (TPSA) is 59.2 Å². The Hall–Kier alpha value is -1.88. The van der Waals surface area contributed by atoms with Gasteiger partial charge >= 0.3 is 0 Å². The third-order valence-corrected chi connectivity index (χ3v) is 5.06. The second-order valence-corrected chi connectivity index (χ2v) is 6.73. The first-order valence-corrected chi connectivity index (χ1v) is 7.97. The minimum Gasteiger partial charge on any atom is -0.399 e. The van der Waals surface area contributed by atoms with Gasteiger partial charge in [-0.15, -0.1) is 11.3 Å². The third-order valence-electron chi connectivity index (χ3n) is 3.95. The Bertz CT molecular complexity index is 680. The molecule has 0 spiro atoms. The number of aromatic nitrogens is 1. The van der Waals surface area contributed by atoms with Gasteiger partial charge in [-0.05, 0) is 44.4 Å². The van der Waals surface area contributed by atoms with E-state index >= 15 is 0 Å². The Morgan fingerprint density at radius 1 is 1.48 bits per heavy atom.